The zero-order chi connectivity index (χ0) is 12.8. The highest BCUT2D eigenvalue weighted by Gasteiger charge is 2.24. The Bertz CT molecular complexity index is 375. The lowest BCUT2D eigenvalue weighted by atomic mass is 9.96. The summed E-state index contributed by atoms with van der Waals surface area (Å²) in [5.74, 6) is 0.949. The van der Waals surface area contributed by atoms with Gasteiger partial charge in [0.2, 0.25) is 5.91 Å². The van der Waals surface area contributed by atoms with E-state index in [0.29, 0.717) is 5.88 Å². The van der Waals surface area contributed by atoms with Gasteiger partial charge in [-0.3, -0.25) is 4.79 Å². The number of nitrogens with one attached hydrogen (secondary N) is 1. The van der Waals surface area contributed by atoms with Crippen molar-refractivity contribution in [3.05, 3.63) is 30.3 Å². The average Bonchev–Trinajstić information content (AvgIpc) is 2.41. The van der Waals surface area contributed by atoms with Gasteiger partial charge in [0.05, 0.1) is 0 Å². The van der Waals surface area contributed by atoms with Crippen LogP contribution in [0.5, 0.6) is 0 Å². The smallest absolute Gasteiger partial charge is 0.227 e. The van der Waals surface area contributed by atoms with Gasteiger partial charge >= 0.3 is 0 Å². The number of halogens is 1. The van der Waals surface area contributed by atoms with Gasteiger partial charge in [0.1, 0.15) is 0 Å². The third-order valence-electron chi connectivity index (χ3n) is 3.40. The van der Waals surface area contributed by atoms with Crippen LogP contribution in [0.15, 0.2) is 30.3 Å². The summed E-state index contributed by atoms with van der Waals surface area (Å²) in [4.78, 5) is 14.4. The number of likely N-dealkylation sites (tertiary alicyclic amines) is 1. The molecule has 1 aliphatic rings. The van der Waals surface area contributed by atoms with Crippen molar-refractivity contribution in [3.8, 4) is 0 Å². The summed E-state index contributed by atoms with van der Waals surface area (Å²) < 4.78 is 0. The summed E-state index contributed by atoms with van der Waals surface area (Å²) in [5.41, 5.74) is 0.880. The number of carbonyl (C=O) groups is 1. The molecule has 0 saturated carbocycles. The minimum Gasteiger partial charge on any atom is -0.326 e. The summed E-state index contributed by atoms with van der Waals surface area (Å²) in [6.07, 6.45) is 1.85. The van der Waals surface area contributed by atoms with Crippen LogP contribution in [0.25, 0.3) is 0 Å². The summed E-state index contributed by atoms with van der Waals surface area (Å²) in [7, 11) is 0. The SMILES string of the molecule is O=C(Nc1ccccc1)C1CCN(CCCl)CC1. The molecule has 1 aromatic rings. The molecule has 0 spiro atoms. The third kappa shape index (κ3) is 3.72. The molecule has 0 unspecified atom stereocenters. The van der Waals surface area contributed by atoms with Crippen molar-refractivity contribution in [2.24, 2.45) is 5.92 Å². The Morgan fingerprint density at radius 2 is 1.94 bits per heavy atom. The molecule has 1 amide bonds. The molecule has 3 nitrogen and oxygen atoms in total. The van der Waals surface area contributed by atoms with Gasteiger partial charge in [-0.1, -0.05) is 18.2 Å². The van der Waals surface area contributed by atoms with E-state index in [0.717, 1.165) is 38.2 Å². The lowest BCUT2D eigenvalue weighted by Gasteiger charge is -2.30. The molecule has 1 heterocycles. The fourth-order valence-electron chi connectivity index (χ4n) is 2.30. The molecule has 1 N–H and O–H groups in total. The number of nitrogens with zero attached hydrogens (tertiary/aromatic N) is 1. The topological polar surface area (TPSA) is 32.3 Å². The van der Waals surface area contributed by atoms with Crippen LogP contribution in [0, 0.1) is 5.92 Å². The molecule has 1 saturated heterocycles. The molecule has 1 aromatic carbocycles. The summed E-state index contributed by atoms with van der Waals surface area (Å²) in [6, 6.07) is 9.64. The number of carbonyl (C=O) groups excluding carboxylic acids is 1. The van der Waals surface area contributed by atoms with E-state index >= 15 is 0 Å². The van der Waals surface area contributed by atoms with Gasteiger partial charge in [-0.05, 0) is 38.1 Å². The van der Waals surface area contributed by atoms with E-state index in [9.17, 15) is 4.79 Å². The standard InChI is InChI=1S/C14H19ClN2O/c15-8-11-17-9-6-12(7-10-17)14(18)16-13-4-2-1-3-5-13/h1-5,12H,6-11H2,(H,16,18). The average molecular weight is 267 g/mol. The van der Waals surface area contributed by atoms with Crippen LogP contribution in [0.1, 0.15) is 12.8 Å². The van der Waals surface area contributed by atoms with Crippen LogP contribution in [-0.4, -0.2) is 36.3 Å². The Balaban J connectivity index is 1.81. The minimum atomic E-state index is 0.136. The molecule has 0 bridgehead atoms. The molecule has 4 heteroatoms. The lowest BCUT2D eigenvalue weighted by molar-refractivity contribution is -0.121. The third-order valence-corrected chi connectivity index (χ3v) is 3.57. The molecule has 1 aliphatic heterocycles. The van der Waals surface area contributed by atoms with Gasteiger partial charge in [-0.2, -0.15) is 0 Å². The monoisotopic (exact) mass is 266 g/mol. The number of alkyl halides is 1. The number of piperidine rings is 1. The molecule has 0 radical (unpaired) electrons. The highest BCUT2D eigenvalue weighted by atomic mass is 35.5. The number of amides is 1. The molecule has 0 aliphatic carbocycles. The predicted molar refractivity (Wildman–Crippen MR) is 75.0 cm³/mol. The Morgan fingerprint density at radius 3 is 2.56 bits per heavy atom. The van der Waals surface area contributed by atoms with Crippen molar-refractivity contribution in [1.29, 1.82) is 0 Å². The van der Waals surface area contributed by atoms with Crippen molar-refractivity contribution >= 4 is 23.2 Å². The maximum Gasteiger partial charge on any atom is 0.227 e. The lowest BCUT2D eigenvalue weighted by Crippen LogP contribution is -2.38. The second kappa shape index (κ2) is 6.76. The Labute approximate surface area is 113 Å². The maximum atomic E-state index is 12.1. The number of anilines is 1. The molecular weight excluding hydrogens is 248 g/mol. The van der Waals surface area contributed by atoms with E-state index in [-0.39, 0.29) is 11.8 Å². The molecule has 18 heavy (non-hydrogen) atoms. The van der Waals surface area contributed by atoms with Gasteiger partial charge in [-0.25, -0.2) is 0 Å². The second-order valence-electron chi connectivity index (χ2n) is 4.66. The van der Waals surface area contributed by atoms with E-state index < -0.39 is 0 Å². The van der Waals surface area contributed by atoms with Crippen LogP contribution in [0.2, 0.25) is 0 Å². The quantitative estimate of drug-likeness (QED) is 0.850. The van der Waals surface area contributed by atoms with Crippen molar-refractivity contribution in [3.63, 3.8) is 0 Å². The van der Waals surface area contributed by atoms with Gasteiger partial charge in [0, 0.05) is 24.0 Å². The number of rotatable bonds is 4. The van der Waals surface area contributed by atoms with Gasteiger partial charge in [-0.15, -0.1) is 11.6 Å². The molecule has 98 valence electrons. The molecule has 0 aromatic heterocycles. The van der Waals surface area contributed by atoms with Crippen molar-refractivity contribution in [1.82, 2.24) is 4.90 Å². The largest absolute Gasteiger partial charge is 0.326 e. The number of hydrogen-bond donors (Lipinski definition) is 1. The van der Waals surface area contributed by atoms with Crippen molar-refractivity contribution < 1.29 is 4.79 Å². The van der Waals surface area contributed by atoms with E-state index in [1.807, 2.05) is 30.3 Å². The molecule has 0 atom stereocenters. The Hall–Kier alpha value is -1.06. The highest BCUT2D eigenvalue weighted by Crippen LogP contribution is 2.19. The van der Waals surface area contributed by atoms with Crippen LogP contribution in [0.3, 0.4) is 0 Å². The summed E-state index contributed by atoms with van der Waals surface area (Å²) in [6.45, 7) is 2.87. The zero-order valence-corrected chi connectivity index (χ0v) is 11.2. The van der Waals surface area contributed by atoms with Gasteiger partial charge < -0.3 is 10.2 Å². The molecule has 2 rings (SSSR count). The first-order valence-electron chi connectivity index (χ1n) is 6.44. The molecule has 1 fully saturated rings. The summed E-state index contributed by atoms with van der Waals surface area (Å²) >= 11 is 5.72. The fraction of sp³-hybridized carbons (Fsp3) is 0.500. The highest BCUT2D eigenvalue weighted by molar-refractivity contribution is 6.18. The van der Waals surface area contributed by atoms with Crippen LogP contribution in [0.4, 0.5) is 5.69 Å². The minimum absolute atomic E-state index is 0.136. The van der Waals surface area contributed by atoms with Gasteiger partial charge in [0.25, 0.3) is 0 Å². The first-order valence-corrected chi connectivity index (χ1v) is 6.97. The Kier molecular flexibility index (Phi) is 5.02. The van der Waals surface area contributed by atoms with E-state index in [1.54, 1.807) is 0 Å². The van der Waals surface area contributed by atoms with Crippen LogP contribution >= 0.6 is 11.6 Å². The molecular formula is C14H19ClN2O. The normalized spacial score (nSPS) is 17.6. The zero-order valence-electron chi connectivity index (χ0n) is 10.4. The van der Waals surface area contributed by atoms with Crippen LogP contribution < -0.4 is 5.32 Å². The second-order valence-corrected chi connectivity index (χ2v) is 5.04. The fourth-order valence-corrected chi connectivity index (χ4v) is 2.54. The first-order chi connectivity index (χ1) is 8.79. The Morgan fingerprint density at radius 1 is 1.28 bits per heavy atom. The number of hydrogen-bond acceptors (Lipinski definition) is 2. The predicted octanol–water partition coefficient (Wildman–Crippen LogP) is 2.58. The van der Waals surface area contributed by atoms with Crippen molar-refractivity contribution in [2.75, 3.05) is 30.8 Å². The summed E-state index contributed by atoms with van der Waals surface area (Å²) in [5, 5.41) is 2.97. The van der Waals surface area contributed by atoms with Crippen LogP contribution in [-0.2, 0) is 4.79 Å². The van der Waals surface area contributed by atoms with E-state index in [2.05, 4.69) is 10.2 Å². The number of para-hydroxylation sites is 1. The van der Waals surface area contributed by atoms with E-state index in [4.69, 9.17) is 11.6 Å². The van der Waals surface area contributed by atoms with E-state index in [1.165, 1.54) is 0 Å². The first kappa shape index (κ1) is 13.4. The van der Waals surface area contributed by atoms with Crippen molar-refractivity contribution in [2.45, 2.75) is 12.8 Å². The maximum absolute atomic E-state index is 12.1. The number of benzene rings is 1. The van der Waals surface area contributed by atoms with Gasteiger partial charge in [0.15, 0.2) is 0 Å².